The lowest BCUT2D eigenvalue weighted by Gasteiger charge is -2.20. The van der Waals surface area contributed by atoms with Crippen LogP contribution in [0, 0.1) is 10.1 Å². The van der Waals surface area contributed by atoms with E-state index in [1.807, 2.05) is 24.3 Å². The van der Waals surface area contributed by atoms with Gasteiger partial charge in [0.05, 0.1) is 24.7 Å². The minimum atomic E-state index is -0.305. The summed E-state index contributed by atoms with van der Waals surface area (Å²) in [4.78, 5) is 11.1. The van der Waals surface area contributed by atoms with E-state index < -0.39 is 0 Å². The maximum Gasteiger partial charge on any atom is 0.278 e. The van der Waals surface area contributed by atoms with Crippen molar-refractivity contribution in [3.05, 3.63) is 63.2 Å². The third kappa shape index (κ3) is 4.28. The average Bonchev–Trinajstić information content (AvgIpc) is 2.69. The molecular weight excluding hydrogens is 380 g/mol. The van der Waals surface area contributed by atoms with Crippen LogP contribution in [0.2, 0.25) is 0 Å². The number of ether oxygens (including phenoxy) is 2. The summed E-state index contributed by atoms with van der Waals surface area (Å²) in [5, 5.41) is 11.4. The predicted octanol–water partition coefficient (Wildman–Crippen LogP) is 0.974. The van der Waals surface area contributed by atoms with E-state index in [0.29, 0.717) is 12.3 Å². The molecule has 0 spiro atoms. The van der Waals surface area contributed by atoms with Crippen LogP contribution in [0.25, 0.3) is 0 Å². The van der Waals surface area contributed by atoms with Crippen molar-refractivity contribution >= 4 is 11.4 Å². The highest BCUT2D eigenvalue weighted by Gasteiger charge is 2.28. The molecule has 2 aromatic rings. The van der Waals surface area contributed by atoms with Crippen molar-refractivity contribution in [1.82, 2.24) is 0 Å². The Kier molecular flexibility index (Phi) is 7.40. The second-order valence-corrected chi connectivity index (χ2v) is 6.62. The first-order valence-electron chi connectivity index (χ1n) is 9.17. The number of fused-ring (bicyclic) bond motifs is 1. The molecule has 0 N–H and O–H groups in total. The molecule has 0 aliphatic carbocycles. The molecule has 1 aliphatic heterocycles. The highest BCUT2D eigenvalue weighted by Crippen LogP contribution is 2.33. The molecule has 0 fully saturated rings. The van der Waals surface area contributed by atoms with E-state index in [9.17, 15) is 10.1 Å². The highest BCUT2D eigenvalue weighted by molar-refractivity contribution is 5.99. The van der Waals surface area contributed by atoms with E-state index in [2.05, 4.69) is 11.5 Å². The highest BCUT2D eigenvalue weighted by atomic mass is 35.5. The number of hydrogen-bond acceptors (Lipinski definition) is 4. The van der Waals surface area contributed by atoms with Gasteiger partial charge in [-0.15, -0.1) is 0 Å². The molecule has 0 saturated carbocycles. The standard InChI is InChI=1S/C21H25N2O4.ClH/c1-4-7-19-17-13-21(27-3)20(26-2)12-15(17)10-11-22(19)14-16-8-5-6-9-18(16)23(24)25;/h5-6,8-9,12-13H,4,7,10-11,14H2,1-3H3;1H/q+1;/p-1. The van der Waals surface area contributed by atoms with Crippen molar-refractivity contribution < 1.29 is 31.4 Å². The van der Waals surface area contributed by atoms with Crippen LogP contribution in [0.15, 0.2) is 36.4 Å². The van der Waals surface area contributed by atoms with Crippen molar-refractivity contribution in [2.75, 3.05) is 20.8 Å². The summed E-state index contributed by atoms with van der Waals surface area (Å²) < 4.78 is 13.2. The minimum Gasteiger partial charge on any atom is -1.00 e. The number of hydrogen-bond donors (Lipinski definition) is 0. The number of methoxy groups -OCH3 is 2. The number of benzene rings is 2. The van der Waals surface area contributed by atoms with Crippen molar-refractivity contribution in [3.8, 4) is 11.5 Å². The number of nitro benzene ring substituents is 1. The zero-order chi connectivity index (χ0) is 19.4. The minimum absolute atomic E-state index is 0. The Morgan fingerprint density at radius 3 is 2.46 bits per heavy atom. The number of nitro groups is 1. The van der Waals surface area contributed by atoms with Gasteiger partial charge in [0.2, 0.25) is 0 Å². The largest absolute Gasteiger partial charge is 1.00 e. The molecular formula is C21H25ClN2O4. The Morgan fingerprint density at radius 2 is 1.82 bits per heavy atom. The monoisotopic (exact) mass is 404 g/mol. The van der Waals surface area contributed by atoms with E-state index in [0.717, 1.165) is 42.7 Å². The third-order valence-corrected chi connectivity index (χ3v) is 4.99. The second-order valence-electron chi connectivity index (χ2n) is 6.62. The van der Waals surface area contributed by atoms with Gasteiger partial charge < -0.3 is 21.9 Å². The zero-order valence-corrected chi connectivity index (χ0v) is 17.2. The lowest BCUT2D eigenvalue weighted by atomic mass is 9.93. The molecule has 28 heavy (non-hydrogen) atoms. The number of nitrogens with zero attached hydrogens (tertiary/aromatic N) is 2. The lowest BCUT2D eigenvalue weighted by molar-refractivity contribution is -0.546. The van der Waals surface area contributed by atoms with Crippen LogP contribution >= 0.6 is 0 Å². The molecule has 0 saturated heterocycles. The summed E-state index contributed by atoms with van der Waals surface area (Å²) in [6.45, 7) is 3.50. The van der Waals surface area contributed by atoms with Crippen molar-refractivity contribution in [2.24, 2.45) is 0 Å². The molecule has 0 unspecified atom stereocenters. The van der Waals surface area contributed by atoms with Crippen molar-refractivity contribution in [1.29, 1.82) is 0 Å². The van der Waals surface area contributed by atoms with E-state index in [4.69, 9.17) is 9.47 Å². The van der Waals surface area contributed by atoms with Crippen LogP contribution < -0.4 is 21.9 Å². The summed E-state index contributed by atoms with van der Waals surface area (Å²) in [6, 6.07) is 11.1. The molecule has 0 atom stereocenters. The van der Waals surface area contributed by atoms with E-state index in [-0.39, 0.29) is 23.0 Å². The molecule has 3 rings (SSSR count). The van der Waals surface area contributed by atoms with Gasteiger partial charge in [-0.1, -0.05) is 19.1 Å². The Labute approximate surface area is 171 Å². The maximum absolute atomic E-state index is 11.4. The SMILES string of the molecule is CCCC1=[N+](Cc2ccccc2[N+](=O)[O-])CCc2cc(OC)c(OC)cc21.[Cl-]. The summed E-state index contributed by atoms with van der Waals surface area (Å²) >= 11 is 0. The van der Waals surface area contributed by atoms with Gasteiger partial charge >= 0.3 is 0 Å². The summed E-state index contributed by atoms with van der Waals surface area (Å²) in [5.41, 5.74) is 4.50. The first-order chi connectivity index (χ1) is 13.1. The summed E-state index contributed by atoms with van der Waals surface area (Å²) in [5.74, 6) is 1.44. The molecule has 6 nitrogen and oxygen atoms in total. The fourth-order valence-corrected chi connectivity index (χ4v) is 3.69. The average molecular weight is 405 g/mol. The van der Waals surface area contributed by atoms with Gasteiger partial charge in [0.25, 0.3) is 5.69 Å². The second kappa shape index (κ2) is 9.55. The fraction of sp³-hybridized carbons (Fsp3) is 0.381. The Morgan fingerprint density at radius 1 is 1.14 bits per heavy atom. The lowest BCUT2D eigenvalue weighted by Crippen LogP contribution is -3.00. The van der Waals surface area contributed by atoms with E-state index >= 15 is 0 Å². The van der Waals surface area contributed by atoms with Crippen LogP contribution in [0.3, 0.4) is 0 Å². The number of para-hydroxylation sites is 1. The Bertz CT molecular complexity index is 896. The Hall–Kier alpha value is -2.60. The first kappa shape index (κ1) is 21.7. The van der Waals surface area contributed by atoms with Gasteiger partial charge in [0, 0.05) is 24.5 Å². The third-order valence-electron chi connectivity index (χ3n) is 4.99. The number of halogens is 1. The van der Waals surface area contributed by atoms with Crippen molar-refractivity contribution in [3.63, 3.8) is 0 Å². The van der Waals surface area contributed by atoms with Gasteiger partial charge in [0.15, 0.2) is 23.8 Å². The first-order valence-corrected chi connectivity index (χ1v) is 9.17. The molecule has 0 bridgehead atoms. The quantitative estimate of drug-likeness (QED) is 0.392. The van der Waals surface area contributed by atoms with Gasteiger partial charge in [-0.2, -0.15) is 0 Å². The molecule has 150 valence electrons. The van der Waals surface area contributed by atoms with Crippen LogP contribution in [-0.2, 0) is 13.0 Å². The van der Waals surface area contributed by atoms with Crippen LogP contribution in [0.4, 0.5) is 5.69 Å². The smallest absolute Gasteiger partial charge is 0.278 e. The molecule has 0 radical (unpaired) electrons. The molecule has 2 aromatic carbocycles. The van der Waals surface area contributed by atoms with Gasteiger partial charge in [-0.05, 0) is 30.2 Å². The topological polar surface area (TPSA) is 64.6 Å². The molecule has 0 amide bonds. The maximum atomic E-state index is 11.4. The predicted molar refractivity (Wildman–Crippen MR) is 104 cm³/mol. The van der Waals surface area contributed by atoms with Gasteiger partial charge in [0.1, 0.15) is 6.54 Å². The van der Waals surface area contributed by atoms with Crippen molar-refractivity contribution in [2.45, 2.75) is 32.7 Å². The number of rotatable bonds is 7. The van der Waals surface area contributed by atoms with Gasteiger partial charge in [-0.3, -0.25) is 10.1 Å². The molecule has 1 aliphatic rings. The molecule has 1 heterocycles. The Balaban J connectivity index is 0.00000280. The summed E-state index contributed by atoms with van der Waals surface area (Å²) in [6.07, 6.45) is 2.77. The van der Waals surface area contributed by atoms with Crippen LogP contribution in [0.5, 0.6) is 11.5 Å². The van der Waals surface area contributed by atoms with Gasteiger partial charge in [-0.25, -0.2) is 4.58 Å². The fourth-order valence-electron chi connectivity index (χ4n) is 3.69. The zero-order valence-electron chi connectivity index (χ0n) is 16.4. The van der Waals surface area contributed by atoms with Crippen LogP contribution in [-0.4, -0.2) is 36.0 Å². The van der Waals surface area contributed by atoms with E-state index in [1.165, 1.54) is 11.3 Å². The molecule has 0 aromatic heterocycles. The molecule has 7 heteroatoms. The summed E-state index contributed by atoms with van der Waals surface area (Å²) in [7, 11) is 3.28. The normalized spacial score (nSPS) is 12.8. The van der Waals surface area contributed by atoms with E-state index in [1.54, 1.807) is 26.4 Å². The van der Waals surface area contributed by atoms with Crippen LogP contribution in [0.1, 0.15) is 36.5 Å².